The van der Waals surface area contributed by atoms with E-state index in [9.17, 15) is 9.59 Å². The zero-order valence-corrected chi connectivity index (χ0v) is 17.9. The molecule has 4 aromatic rings. The highest BCUT2D eigenvalue weighted by atomic mass is 32.2. The zero-order valence-electron chi connectivity index (χ0n) is 17.1. The number of fused-ring (bicyclic) bond motifs is 4. The second kappa shape index (κ2) is 8.11. The van der Waals surface area contributed by atoms with Crippen LogP contribution in [-0.4, -0.2) is 32.9 Å². The van der Waals surface area contributed by atoms with Crippen molar-refractivity contribution in [3.63, 3.8) is 0 Å². The molecule has 31 heavy (non-hydrogen) atoms. The van der Waals surface area contributed by atoms with Gasteiger partial charge in [-0.15, -0.1) is 0 Å². The molecule has 2 aromatic carbocycles. The minimum Gasteiger partial charge on any atom is -0.497 e. The van der Waals surface area contributed by atoms with Crippen LogP contribution in [0.4, 0.5) is 0 Å². The van der Waals surface area contributed by atoms with Gasteiger partial charge in [0.2, 0.25) is 5.91 Å². The van der Waals surface area contributed by atoms with E-state index in [-0.39, 0.29) is 18.0 Å². The minimum absolute atomic E-state index is 0.0591. The van der Waals surface area contributed by atoms with Gasteiger partial charge in [0.05, 0.1) is 12.6 Å². The second-order valence-electron chi connectivity index (χ2n) is 7.48. The van der Waals surface area contributed by atoms with Gasteiger partial charge >= 0.3 is 0 Å². The predicted molar refractivity (Wildman–Crippen MR) is 122 cm³/mol. The van der Waals surface area contributed by atoms with Crippen molar-refractivity contribution in [1.82, 2.24) is 19.4 Å². The summed E-state index contributed by atoms with van der Waals surface area (Å²) in [6, 6.07) is 15.3. The number of thioether (sulfide) groups is 1. The Balaban J connectivity index is 1.49. The van der Waals surface area contributed by atoms with Gasteiger partial charge in [-0.25, -0.2) is 4.98 Å². The average Bonchev–Trinajstić information content (AvgIpc) is 3.12. The summed E-state index contributed by atoms with van der Waals surface area (Å²) in [4.78, 5) is 30.9. The topological polar surface area (TPSA) is 78.2 Å². The quantitative estimate of drug-likeness (QED) is 0.488. The van der Waals surface area contributed by atoms with Crippen LogP contribution in [0.5, 0.6) is 5.75 Å². The first kappa shape index (κ1) is 19.7. The van der Waals surface area contributed by atoms with Crippen molar-refractivity contribution in [2.45, 2.75) is 31.2 Å². The molecule has 3 heterocycles. The third-order valence-corrected chi connectivity index (χ3v) is 6.60. The number of carbonyl (C=O) groups is 1. The van der Waals surface area contributed by atoms with E-state index in [0.29, 0.717) is 24.1 Å². The van der Waals surface area contributed by atoms with E-state index in [1.807, 2.05) is 48.5 Å². The Kier molecular flexibility index (Phi) is 5.15. The number of methoxy groups -OCH3 is 1. The predicted octanol–water partition coefficient (Wildman–Crippen LogP) is 3.17. The lowest BCUT2D eigenvalue weighted by Gasteiger charge is -2.17. The van der Waals surface area contributed by atoms with E-state index in [1.165, 1.54) is 0 Å². The molecule has 8 heteroatoms. The van der Waals surface area contributed by atoms with Gasteiger partial charge in [-0.2, -0.15) is 0 Å². The maximum absolute atomic E-state index is 13.3. The van der Waals surface area contributed by atoms with E-state index >= 15 is 0 Å². The maximum Gasteiger partial charge on any atom is 0.278 e. The Morgan fingerprint density at radius 2 is 2.00 bits per heavy atom. The summed E-state index contributed by atoms with van der Waals surface area (Å²) in [6.45, 7) is 1.13. The molecule has 1 aliphatic heterocycles. The summed E-state index contributed by atoms with van der Waals surface area (Å²) >= 11 is 1.61. The molecule has 0 bridgehead atoms. The van der Waals surface area contributed by atoms with E-state index < -0.39 is 0 Å². The lowest BCUT2D eigenvalue weighted by Crippen LogP contribution is -2.30. The summed E-state index contributed by atoms with van der Waals surface area (Å²) in [5.41, 5.74) is 2.90. The van der Waals surface area contributed by atoms with Crippen LogP contribution in [0.1, 0.15) is 12.0 Å². The largest absolute Gasteiger partial charge is 0.497 e. The standard InChI is InChI=1S/C23H22N4O3S/c1-30-16-9-7-15(8-10-16)13-24-19(28)14-27-18-6-3-2-5-17(18)20-21(27)22(29)26-11-4-12-31-23(26)25-20/h2-3,5-10H,4,11-14H2,1H3,(H,24,28). The van der Waals surface area contributed by atoms with Gasteiger partial charge < -0.3 is 14.6 Å². The Bertz CT molecular complexity index is 1340. The van der Waals surface area contributed by atoms with Crippen molar-refractivity contribution in [2.24, 2.45) is 0 Å². The Hall–Kier alpha value is -3.26. The van der Waals surface area contributed by atoms with Gasteiger partial charge in [-0.05, 0) is 30.2 Å². The number of rotatable bonds is 5. The van der Waals surface area contributed by atoms with Crippen molar-refractivity contribution in [1.29, 1.82) is 0 Å². The fourth-order valence-corrected chi connectivity index (χ4v) is 4.93. The first-order chi connectivity index (χ1) is 15.2. The van der Waals surface area contributed by atoms with Crippen LogP contribution in [-0.2, 0) is 24.4 Å². The molecule has 0 spiro atoms. The zero-order chi connectivity index (χ0) is 21.4. The SMILES string of the molecule is COc1ccc(CNC(=O)Cn2c3ccccc3c3nc4n(c(=O)c32)CCCS4)cc1. The second-order valence-corrected chi connectivity index (χ2v) is 8.54. The molecule has 0 radical (unpaired) electrons. The first-order valence-corrected chi connectivity index (χ1v) is 11.2. The number of ether oxygens (including phenoxy) is 1. The summed E-state index contributed by atoms with van der Waals surface area (Å²) < 4.78 is 8.71. The van der Waals surface area contributed by atoms with E-state index in [0.717, 1.165) is 39.5 Å². The molecule has 0 saturated carbocycles. The van der Waals surface area contributed by atoms with Crippen molar-refractivity contribution in [3.05, 3.63) is 64.4 Å². The summed E-state index contributed by atoms with van der Waals surface area (Å²) in [5, 5.41) is 4.61. The van der Waals surface area contributed by atoms with Crippen LogP contribution < -0.4 is 15.6 Å². The molecule has 0 aliphatic carbocycles. The van der Waals surface area contributed by atoms with Crippen LogP contribution in [0.25, 0.3) is 21.9 Å². The van der Waals surface area contributed by atoms with E-state index in [1.54, 1.807) is 28.0 Å². The van der Waals surface area contributed by atoms with Crippen LogP contribution in [0.15, 0.2) is 58.5 Å². The van der Waals surface area contributed by atoms with Gasteiger partial charge in [0.25, 0.3) is 5.56 Å². The van der Waals surface area contributed by atoms with Crippen LogP contribution in [0.2, 0.25) is 0 Å². The number of nitrogens with one attached hydrogen (secondary N) is 1. The fourth-order valence-electron chi connectivity index (χ4n) is 3.99. The molecule has 2 aromatic heterocycles. The van der Waals surface area contributed by atoms with Crippen molar-refractivity contribution in [2.75, 3.05) is 12.9 Å². The molecule has 0 fully saturated rings. The molecule has 0 atom stereocenters. The monoisotopic (exact) mass is 434 g/mol. The molecule has 0 saturated heterocycles. The number of aromatic nitrogens is 3. The molecule has 0 unspecified atom stereocenters. The van der Waals surface area contributed by atoms with Gasteiger partial charge in [0.1, 0.15) is 23.3 Å². The fraction of sp³-hybridized carbons (Fsp3) is 0.261. The van der Waals surface area contributed by atoms with E-state index in [2.05, 4.69) is 5.32 Å². The normalized spacial score (nSPS) is 13.3. The van der Waals surface area contributed by atoms with Gasteiger partial charge in [0, 0.05) is 24.2 Å². The highest BCUT2D eigenvalue weighted by Crippen LogP contribution is 2.29. The lowest BCUT2D eigenvalue weighted by atomic mass is 10.2. The van der Waals surface area contributed by atoms with Crippen LogP contribution in [0.3, 0.4) is 0 Å². The average molecular weight is 435 g/mol. The summed E-state index contributed by atoms with van der Waals surface area (Å²) in [7, 11) is 1.62. The minimum atomic E-state index is -0.157. The Morgan fingerprint density at radius 3 is 2.81 bits per heavy atom. The van der Waals surface area contributed by atoms with Gasteiger partial charge in [-0.1, -0.05) is 42.1 Å². The van der Waals surface area contributed by atoms with Gasteiger partial charge in [0.15, 0.2) is 5.16 Å². The number of nitrogens with zero attached hydrogens (tertiary/aromatic N) is 3. The molecule has 158 valence electrons. The van der Waals surface area contributed by atoms with Crippen molar-refractivity contribution < 1.29 is 9.53 Å². The summed E-state index contributed by atoms with van der Waals surface area (Å²) in [6.07, 6.45) is 0.938. The molecule has 7 nitrogen and oxygen atoms in total. The number of para-hydroxylation sites is 1. The third-order valence-electron chi connectivity index (χ3n) is 5.54. The van der Waals surface area contributed by atoms with Crippen LogP contribution >= 0.6 is 11.8 Å². The van der Waals surface area contributed by atoms with Crippen molar-refractivity contribution >= 4 is 39.6 Å². The molecular weight excluding hydrogens is 412 g/mol. The Morgan fingerprint density at radius 1 is 1.19 bits per heavy atom. The molecule has 5 rings (SSSR count). The lowest BCUT2D eigenvalue weighted by molar-refractivity contribution is -0.121. The molecule has 1 N–H and O–H groups in total. The molecule has 1 aliphatic rings. The smallest absolute Gasteiger partial charge is 0.278 e. The van der Waals surface area contributed by atoms with Crippen LogP contribution in [0, 0.1) is 0 Å². The maximum atomic E-state index is 13.3. The highest BCUT2D eigenvalue weighted by Gasteiger charge is 2.22. The molecular formula is C23H22N4O3S. The Labute approximate surface area is 183 Å². The highest BCUT2D eigenvalue weighted by molar-refractivity contribution is 7.99. The first-order valence-electron chi connectivity index (χ1n) is 10.2. The number of hydrogen-bond acceptors (Lipinski definition) is 5. The van der Waals surface area contributed by atoms with Crippen molar-refractivity contribution in [3.8, 4) is 5.75 Å². The van der Waals surface area contributed by atoms with Gasteiger partial charge in [-0.3, -0.25) is 14.2 Å². The number of benzene rings is 2. The third kappa shape index (κ3) is 3.57. The summed E-state index contributed by atoms with van der Waals surface area (Å²) in [5.74, 6) is 1.58. The number of carbonyl (C=O) groups excluding carboxylic acids is 1. The number of hydrogen-bond donors (Lipinski definition) is 1. The van der Waals surface area contributed by atoms with E-state index in [4.69, 9.17) is 9.72 Å². The molecule has 1 amide bonds. The number of amides is 1.